The van der Waals surface area contributed by atoms with Gasteiger partial charge in [-0.2, -0.15) is 4.98 Å². The summed E-state index contributed by atoms with van der Waals surface area (Å²) in [5.41, 5.74) is 8.74. The van der Waals surface area contributed by atoms with Crippen LogP contribution in [0.4, 0.5) is 0 Å². The molecule has 0 radical (unpaired) electrons. The number of nitrogens with zero attached hydrogens (tertiary/aromatic N) is 3. The maximum Gasteiger partial charge on any atom is 0.311 e. The van der Waals surface area contributed by atoms with Gasteiger partial charge in [0.1, 0.15) is 0 Å². The lowest BCUT2D eigenvalue weighted by molar-refractivity contribution is 0.636. The second-order valence-electron chi connectivity index (χ2n) is 9.56. The van der Waals surface area contributed by atoms with E-state index in [0.717, 1.165) is 27.5 Å². The zero-order valence-electron chi connectivity index (χ0n) is 19.5. The molecule has 5 nitrogen and oxygen atoms in total. The largest absolute Gasteiger partial charge is 0.423 e. The zero-order chi connectivity index (χ0) is 24.2. The van der Waals surface area contributed by atoms with Gasteiger partial charge in [0.2, 0.25) is 0 Å². The normalized spacial score (nSPS) is 12.4. The molecule has 0 amide bonds. The molecule has 0 atom stereocenters. The first kappa shape index (κ1) is 19.1. The molecule has 1 aliphatic rings. The summed E-state index contributed by atoms with van der Waals surface area (Å²) >= 11 is 0. The summed E-state index contributed by atoms with van der Waals surface area (Å²) in [5, 5.41) is 3.82. The second-order valence-corrected chi connectivity index (χ2v) is 9.56. The lowest BCUT2D eigenvalue weighted by atomic mass is 10.0. The molecule has 0 saturated carbocycles. The third-order valence-electron chi connectivity index (χ3n) is 7.73. The standard InChI is InChI=1S/C32H17N3O2/c36-31-29-23-10-3-4-13-24(23)34(30(29)33-32-35(31)26-14-5-6-15-27(26)37-32)25-17-16-21-19-9-2-1-8-18(19)20-11-7-12-22(25)28(20)21/h1-17H. The Bertz CT molecular complexity index is 2310. The molecule has 0 aliphatic heterocycles. The van der Waals surface area contributed by atoms with E-state index in [2.05, 4.69) is 65.2 Å². The number of aromatic nitrogens is 3. The van der Waals surface area contributed by atoms with Gasteiger partial charge in [0.25, 0.3) is 5.56 Å². The fraction of sp³-hybridized carbons (Fsp3) is 0. The Morgan fingerprint density at radius 2 is 1.27 bits per heavy atom. The first-order valence-electron chi connectivity index (χ1n) is 12.3. The Labute approximate surface area is 209 Å². The molecule has 0 saturated heterocycles. The zero-order valence-corrected chi connectivity index (χ0v) is 19.5. The number of oxazole rings is 1. The molecule has 1 aliphatic carbocycles. The van der Waals surface area contributed by atoms with Crippen molar-refractivity contribution in [3.8, 4) is 27.9 Å². The van der Waals surface area contributed by atoms with Gasteiger partial charge in [-0.1, -0.05) is 78.9 Å². The average Bonchev–Trinajstić information content (AvgIpc) is 3.58. The van der Waals surface area contributed by atoms with Gasteiger partial charge in [-0.15, -0.1) is 0 Å². The van der Waals surface area contributed by atoms with Crippen molar-refractivity contribution in [1.29, 1.82) is 0 Å². The Morgan fingerprint density at radius 1 is 0.595 bits per heavy atom. The summed E-state index contributed by atoms with van der Waals surface area (Å²) in [7, 11) is 0. The summed E-state index contributed by atoms with van der Waals surface area (Å²) in [5.74, 6) is 0.293. The van der Waals surface area contributed by atoms with Crippen molar-refractivity contribution in [2.24, 2.45) is 0 Å². The van der Waals surface area contributed by atoms with Gasteiger partial charge < -0.3 is 4.42 Å². The molecular formula is C32H17N3O2. The van der Waals surface area contributed by atoms with E-state index in [1.54, 1.807) is 4.40 Å². The number of fused-ring (bicyclic) bond motifs is 9. The minimum absolute atomic E-state index is 0.127. The van der Waals surface area contributed by atoms with Crippen LogP contribution in [0.1, 0.15) is 0 Å². The van der Waals surface area contributed by atoms with Crippen LogP contribution in [-0.2, 0) is 0 Å². The number of rotatable bonds is 1. The van der Waals surface area contributed by atoms with Crippen molar-refractivity contribution < 1.29 is 4.42 Å². The molecule has 172 valence electrons. The van der Waals surface area contributed by atoms with Gasteiger partial charge in [-0.05, 0) is 51.9 Å². The lowest BCUT2D eigenvalue weighted by Crippen LogP contribution is -2.14. The highest BCUT2D eigenvalue weighted by molar-refractivity contribution is 6.18. The van der Waals surface area contributed by atoms with Crippen LogP contribution in [0.25, 0.3) is 77.6 Å². The minimum atomic E-state index is -0.127. The van der Waals surface area contributed by atoms with Gasteiger partial charge in [0, 0.05) is 10.8 Å². The Morgan fingerprint density at radius 3 is 2.14 bits per heavy atom. The topological polar surface area (TPSA) is 52.4 Å². The fourth-order valence-electron chi connectivity index (χ4n) is 6.22. The van der Waals surface area contributed by atoms with Gasteiger partial charge in [-0.3, -0.25) is 9.36 Å². The average molecular weight is 476 g/mol. The Kier molecular flexibility index (Phi) is 3.37. The number of para-hydroxylation sites is 3. The van der Waals surface area contributed by atoms with Crippen molar-refractivity contribution in [1.82, 2.24) is 14.0 Å². The third kappa shape index (κ3) is 2.25. The van der Waals surface area contributed by atoms with Crippen molar-refractivity contribution in [3.63, 3.8) is 0 Å². The van der Waals surface area contributed by atoms with E-state index in [4.69, 9.17) is 9.40 Å². The highest BCUT2D eigenvalue weighted by atomic mass is 16.4. The first-order chi connectivity index (χ1) is 18.3. The van der Waals surface area contributed by atoms with Crippen molar-refractivity contribution in [2.45, 2.75) is 0 Å². The molecule has 0 bridgehead atoms. The van der Waals surface area contributed by atoms with Crippen LogP contribution in [0.2, 0.25) is 0 Å². The predicted octanol–water partition coefficient (Wildman–Crippen LogP) is 7.34. The van der Waals surface area contributed by atoms with Crippen LogP contribution < -0.4 is 5.56 Å². The van der Waals surface area contributed by atoms with Crippen LogP contribution in [0.15, 0.2) is 112 Å². The number of hydrogen-bond acceptors (Lipinski definition) is 3. The highest BCUT2D eigenvalue weighted by Crippen LogP contribution is 2.48. The molecule has 37 heavy (non-hydrogen) atoms. The van der Waals surface area contributed by atoms with E-state index in [9.17, 15) is 4.79 Å². The fourth-order valence-corrected chi connectivity index (χ4v) is 6.22. The molecule has 0 N–H and O–H groups in total. The van der Waals surface area contributed by atoms with Gasteiger partial charge in [-0.25, -0.2) is 4.40 Å². The van der Waals surface area contributed by atoms with E-state index in [0.29, 0.717) is 22.5 Å². The minimum Gasteiger partial charge on any atom is -0.423 e. The van der Waals surface area contributed by atoms with E-state index in [1.165, 1.54) is 27.6 Å². The maximum absolute atomic E-state index is 14.0. The number of hydrogen-bond donors (Lipinski definition) is 0. The van der Waals surface area contributed by atoms with Gasteiger partial charge in [0.05, 0.1) is 22.1 Å². The molecule has 8 aromatic rings. The molecule has 0 unspecified atom stereocenters. The smallest absolute Gasteiger partial charge is 0.311 e. The quantitative estimate of drug-likeness (QED) is 0.250. The Hall–Kier alpha value is -5.16. The molecule has 5 aromatic carbocycles. The Balaban J connectivity index is 1.48. The summed E-state index contributed by atoms with van der Waals surface area (Å²) in [4.78, 5) is 19.0. The van der Waals surface area contributed by atoms with E-state index in [1.807, 2.05) is 42.5 Å². The summed E-state index contributed by atoms with van der Waals surface area (Å²) in [6.07, 6.45) is 0. The molecular weight excluding hydrogens is 458 g/mol. The van der Waals surface area contributed by atoms with Gasteiger partial charge in [0.15, 0.2) is 11.2 Å². The van der Waals surface area contributed by atoms with Crippen LogP contribution >= 0.6 is 0 Å². The second kappa shape index (κ2) is 6.53. The van der Waals surface area contributed by atoms with Crippen molar-refractivity contribution in [3.05, 3.63) is 113 Å². The van der Waals surface area contributed by atoms with Crippen LogP contribution in [0.5, 0.6) is 0 Å². The predicted molar refractivity (Wildman–Crippen MR) is 148 cm³/mol. The molecule has 3 heterocycles. The highest BCUT2D eigenvalue weighted by Gasteiger charge is 2.25. The van der Waals surface area contributed by atoms with Crippen LogP contribution in [0.3, 0.4) is 0 Å². The maximum atomic E-state index is 14.0. The molecule has 0 fully saturated rings. The van der Waals surface area contributed by atoms with E-state index < -0.39 is 0 Å². The van der Waals surface area contributed by atoms with Crippen molar-refractivity contribution in [2.75, 3.05) is 0 Å². The molecule has 3 aromatic heterocycles. The first-order valence-corrected chi connectivity index (χ1v) is 12.3. The van der Waals surface area contributed by atoms with Crippen LogP contribution in [0, 0.1) is 0 Å². The van der Waals surface area contributed by atoms with Gasteiger partial charge >= 0.3 is 5.84 Å². The third-order valence-corrected chi connectivity index (χ3v) is 7.73. The summed E-state index contributed by atoms with van der Waals surface area (Å²) in [6, 6.07) is 34.9. The van der Waals surface area contributed by atoms with E-state index >= 15 is 0 Å². The summed E-state index contributed by atoms with van der Waals surface area (Å²) < 4.78 is 9.74. The monoisotopic (exact) mass is 475 g/mol. The molecule has 5 heteroatoms. The number of benzene rings is 5. The SMILES string of the molecule is O=c1c2c3ccccc3n(-c3ccc4c5c(cccc35)-c3ccccc3-4)c2nc2oc3ccccc3n12. The molecule has 9 rings (SSSR count). The van der Waals surface area contributed by atoms with Crippen molar-refractivity contribution >= 4 is 49.7 Å². The summed E-state index contributed by atoms with van der Waals surface area (Å²) in [6.45, 7) is 0. The van der Waals surface area contributed by atoms with E-state index in [-0.39, 0.29) is 5.56 Å². The lowest BCUT2D eigenvalue weighted by Gasteiger charge is -2.12. The van der Waals surface area contributed by atoms with Crippen LogP contribution in [-0.4, -0.2) is 14.0 Å². The molecule has 0 spiro atoms.